The Morgan fingerprint density at radius 1 is 1.26 bits per heavy atom. The number of Topliss-reactive ketones (excluding diaryl/α,β-unsaturated/α-hetero) is 1. The average molecular weight is 259 g/mol. The number of benzene rings is 1. The number of hydrogen-bond acceptors (Lipinski definition) is 2. The highest BCUT2D eigenvalue weighted by Crippen LogP contribution is 2.26. The molecule has 1 amide bonds. The van der Waals surface area contributed by atoms with Crippen LogP contribution in [0.5, 0.6) is 0 Å². The number of aryl methyl sites for hydroxylation is 1. The molecule has 0 saturated carbocycles. The van der Waals surface area contributed by atoms with E-state index in [2.05, 4.69) is 6.92 Å². The molecule has 1 saturated heterocycles. The van der Waals surface area contributed by atoms with Crippen molar-refractivity contribution in [2.75, 3.05) is 6.54 Å². The molecule has 1 aliphatic heterocycles. The molecule has 0 atom stereocenters. The second kappa shape index (κ2) is 5.16. The highest BCUT2D eigenvalue weighted by molar-refractivity contribution is 6.00. The maximum atomic E-state index is 12.5. The summed E-state index contributed by atoms with van der Waals surface area (Å²) in [6.07, 6.45) is 2.30. The first kappa shape index (κ1) is 13.8. The maximum absolute atomic E-state index is 12.5. The third-order valence-corrected chi connectivity index (χ3v) is 4.00. The van der Waals surface area contributed by atoms with Gasteiger partial charge in [-0.15, -0.1) is 0 Å². The van der Waals surface area contributed by atoms with Crippen LogP contribution >= 0.6 is 0 Å². The van der Waals surface area contributed by atoms with Crippen molar-refractivity contribution in [3.63, 3.8) is 0 Å². The Morgan fingerprint density at radius 3 is 2.47 bits per heavy atom. The van der Waals surface area contributed by atoms with Crippen molar-refractivity contribution in [1.29, 1.82) is 0 Å². The van der Waals surface area contributed by atoms with Crippen molar-refractivity contribution in [2.24, 2.45) is 0 Å². The van der Waals surface area contributed by atoms with Crippen LogP contribution in [0.4, 0.5) is 0 Å². The second-order valence-corrected chi connectivity index (χ2v) is 5.59. The molecule has 1 heterocycles. The number of hydrogen-bond donors (Lipinski definition) is 0. The van der Waals surface area contributed by atoms with Crippen LogP contribution in [0.3, 0.4) is 0 Å². The second-order valence-electron chi connectivity index (χ2n) is 5.59. The van der Waals surface area contributed by atoms with Gasteiger partial charge < -0.3 is 4.90 Å². The molecule has 19 heavy (non-hydrogen) atoms. The highest BCUT2D eigenvalue weighted by Gasteiger charge is 2.40. The number of likely N-dealkylation sites (tertiary alicyclic amines) is 1. The molecule has 3 nitrogen and oxygen atoms in total. The number of nitrogens with zero attached hydrogens (tertiary/aromatic N) is 1. The number of ketones is 1. The molecule has 0 radical (unpaired) electrons. The molecule has 0 unspecified atom stereocenters. The van der Waals surface area contributed by atoms with E-state index in [1.165, 1.54) is 5.56 Å². The van der Waals surface area contributed by atoms with Gasteiger partial charge in [0.2, 0.25) is 0 Å². The molecule has 0 aliphatic carbocycles. The molecule has 2 rings (SSSR count). The number of carbonyl (C=O) groups excluding carboxylic acids is 2. The first-order valence-electron chi connectivity index (χ1n) is 6.91. The Morgan fingerprint density at radius 2 is 1.89 bits per heavy atom. The fraction of sp³-hybridized carbons (Fsp3) is 0.500. The molecule has 0 spiro atoms. The Bertz CT molecular complexity index is 488. The van der Waals surface area contributed by atoms with Crippen molar-refractivity contribution in [3.8, 4) is 0 Å². The zero-order valence-electron chi connectivity index (χ0n) is 11.9. The van der Waals surface area contributed by atoms with Crippen LogP contribution in [0, 0.1) is 0 Å². The van der Waals surface area contributed by atoms with Gasteiger partial charge in [-0.25, -0.2) is 0 Å². The first-order valence-corrected chi connectivity index (χ1v) is 6.91. The van der Waals surface area contributed by atoms with E-state index in [-0.39, 0.29) is 11.7 Å². The SMILES string of the molecule is CCc1ccc(C(=O)N2CCCC(=O)C2(C)C)cc1. The Balaban J connectivity index is 2.24. The average Bonchev–Trinajstić information content (AvgIpc) is 2.41. The lowest BCUT2D eigenvalue weighted by molar-refractivity contribution is -0.130. The van der Waals surface area contributed by atoms with Crippen LogP contribution < -0.4 is 0 Å². The molecule has 1 aromatic carbocycles. The van der Waals surface area contributed by atoms with Crippen LogP contribution in [0.25, 0.3) is 0 Å². The van der Waals surface area contributed by atoms with Crippen LogP contribution in [0.2, 0.25) is 0 Å². The lowest BCUT2D eigenvalue weighted by Gasteiger charge is -2.41. The van der Waals surface area contributed by atoms with Crippen molar-refractivity contribution in [2.45, 2.75) is 45.6 Å². The molecule has 102 valence electrons. The van der Waals surface area contributed by atoms with E-state index in [0.717, 1.165) is 12.8 Å². The van der Waals surface area contributed by atoms with Crippen LogP contribution in [0.1, 0.15) is 49.5 Å². The minimum atomic E-state index is -0.682. The van der Waals surface area contributed by atoms with Gasteiger partial charge >= 0.3 is 0 Å². The van der Waals surface area contributed by atoms with Crippen molar-refractivity contribution in [3.05, 3.63) is 35.4 Å². The monoisotopic (exact) mass is 259 g/mol. The predicted octanol–water partition coefficient (Wildman–Crippen LogP) is 2.83. The topological polar surface area (TPSA) is 37.4 Å². The van der Waals surface area contributed by atoms with Gasteiger partial charge in [-0.1, -0.05) is 19.1 Å². The summed E-state index contributed by atoms with van der Waals surface area (Å²) in [6, 6.07) is 7.67. The summed E-state index contributed by atoms with van der Waals surface area (Å²) >= 11 is 0. The molecule has 0 N–H and O–H groups in total. The van der Waals surface area contributed by atoms with Gasteiger partial charge in [-0.3, -0.25) is 9.59 Å². The van der Waals surface area contributed by atoms with E-state index in [0.29, 0.717) is 18.5 Å². The molecule has 1 aromatic rings. The van der Waals surface area contributed by atoms with Gasteiger partial charge in [-0.05, 0) is 44.4 Å². The fourth-order valence-corrected chi connectivity index (χ4v) is 2.53. The summed E-state index contributed by atoms with van der Waals surface area (Å²) in [4.78, 5) is 26.2. The molecular weight excluding hydrogens is 238 g/mol. The number of carbonyl (C=O) groups is 2. The van der Waals surface area contributed by atoms with Crippen molar-refractivity contribution >= 4 is 11.7 Å². The Hall–Kier alpha value is -1.64. The first-order chi connectivity index (χ1) is 8.96. The van der Waals surface area contributed by atoms with E-state index in [4.69, 9.17) is 0 Å². The van der Waals surface area contributed by atoms with Crippen molar-refractivity contribution in [1.82, 2.24) is 4.90 Å². The molecule has 0 aromatic heterocycles. The van der Waals surface area contributed by atoms with Crippen LogP contribution in [-0.4, -0.2) is 28.7 Å². The van der Waals surface area contributed by atoms with E-state index in [9.17, 15) is 9.59 Å². The smallest absolute Gasteiger partial charge is 0.254 e. The highest BCUT2D eigenvalue weighted by atomic mass is 16.2. The molecule has 0 bridgehead atoms. The molecule has 1 aliphatic rings. The van der Waals surface area contributed by atoms with E-state index >= 15 is 0 Å². The third kappa shape index (κ3) is 2.55. The minimum Gasteiger partial charge on any atom is -0.326 e. The van der Waals surface area contributed by atoms with E-state index in [1.807, 2.05) is 38.1 Å². The summed E-state index contributed by atoms with van der Waals surface area (Å²) in [6.45, 7) is 6.43. The zero-order chi connectivity index (χ0) is 14.0. The fourth-order valence-electron chi connectivity index (χ4n) is 2.53. The summed E-state index contributed by atoms with van der Waals surface area (Å²) in [5.41, 5.74) is 1.20. The summed E-state index contributed by atoms with van der Waals surface area (Å²) in [5.74, 6) is 0.109. The van der Waals surface area contributed by atoms with Gasteiger partial charge in [-0.2, -0.15) is 0 Å². The minimum absolute atomic E-state index is 0.0410. The van der Waals surface area contributed by atoms with Gasteiger partial charge in [0.1, 0.15) is 0 Å². The van der Waals surface area contributed by atoms with Gasteiger partial charge in [0.05, 0.1) is 5.54 Å². The normalized spacial score (nSPS) is 18.5. The third-order valence-electron chi connectivity index (χ3n) is 4.00. The molecule has 1 fully saturated rings. The van der Waals surface area contributed by atoms with Gasteiger partial charge in [0, 0.05) is 18.5 Å². The van der Waals surface area contributed by atoms with Crippen molar-refractivity contribution < 1.29 is 9.59 Å². The van der Waals surface area contributed by atoms with Crippen LogP contribution in [0.15, 0.2) is 24.3 Å². The maximum Gasteiger partial charge on any atom is 0.254 e. The quantitative estimate of drug-likeness (QED) is 0.819. The van der Waals surface area contributed by atoms with E-state index in [1.54, 1.807) is 4.90 Å². The molecular formula is C16H21NO2. The number of amides is 1. The Labute approximate surface area is 114 Å². The predicted molar refractivity (Wildman–Crippen MR) is 75.2 cm³/mol. The zero-order valence-corrected chi connectivity index (χ0v) is 11.9. The largest absolute Gasteiger partial charge is 0.326 e. The number of rotatable bonds is 2. The van der Waals surface area contributed by atoms with Gasteiger partial charge in [0.25, 0.3) is 5.91 Å². The lowest BCUT2D eigenvalue weighted by atomic mass is 9.88. The summed E-state index contributed by atoms with van der Waals surface area (Å²) in [7, 11) is 0. The summed E-state index contributed by atoms with van der Waals surface area (Å²) < 4.78 is 0. The Kier molecular flexibility index (Phi) is 3.74. The van der Waals surface area contributed by atoms with Gasteiger partial charge in [0.15, 0.2) is 5.78 Å². The number of piperidine rings is 1. The summed E-state index contributed by atoms with van der Waals surface area (Å²) in [5, 5.41) is 0. The lowest BCUT2D eigenvalue weighted by Crippen LogP contribution is -2.56. The van der Waals surface area contributed by atoms with E-state index < -0.39 is 5.54 Å². The molecule has 3 heteroatoms. The van der Waals surface area contributed by atoms with Crippen LogP contribution in [-0.2, 0) is 11.2 Å². The standard InChI is InChI=1S/C16H21NO2/c1-4-12-7-9-13(10-8-12)15(19)17-11-5-6-14(18)16(17,2)3/h7-10H,4-6,11H2,1-3H3.